The largest absolute Gasteiger partial charge is 0.393 e. The molecule has 1 amide bonds. The van der Waals surface area contributed by atoms with Gasteiger partial charge in [0, 0.05) is 10.5 Å². The summed E-state index contributed by atoms with van der Waals surface area (Å²) in [5.74, 6) is -0.0352. The first-order chi connectivity index (χ1) is 8.58. The Bertz CT molecular complexity index is 439. The summed E-state index contributed by atoms with van der Waals surface area (Å²) in [6.07, 6.45) is 3.08. The third-order valence-corrected chi connectivity index (χ3v) is 4.52. The second-order valence-electron chi connectivity index (χ2n) is 4.92. The lowest BCUT2D eigenvalue weighted by Crippen LogP contribution is -2.38. The van der Waals surface area contributed by atoms with Gasteiger partial charge in [0.2, 0.25) is 0 Å². The molecule has 0 aromatic heterocycles. The number of aliphatic hydroxyl groups is 1. The van der Waals surface area contributed by atoms with E-state index in [0.717, 1.165) is 35.7 Å². The molecule has 0 bridgehead atoms. The Morgan fingerprint density at radius 2 is 2.00 bits per heavy atom. The minimum absolute atomic E-state index is 0.0352. The molecule has 1 saturated carbocycles. The van der Waals surface area contributed by atoms with Crippen molar-refractivity contribution in [3.63, 3.8) is 0 Å². The smallest absolute Gasteiger partial charge is 0.252 e. The third-order valence-electron chi connectivity index (χ3n) is 3.47. The lowest BCUT2D eigenvalue weighted by Gasteiger charge is -2.26. The summed E-state index contributed by atoms with van der Waals surface area (Å²) in [5, 5.41) is 12.5. The van der Waals surface area contributed by atoms with E-state index >= 15 is 0 Å². The van der Waals surface area contributed by atoms with Crippen LogP contribution in [0.15, 0.2) is 22.7 Å². The fraction of sp³-hybridized carbons (Fsp3) is 0.500. The average molecular weight is 312 g/mol. The van der Waals surface area contributed by atoms with Crippen molar-refractivity contribution in [1.82, 2.24) is 5.32 Å². The van der Waals surface area contributed by atoms with E-state index in [2.05, 4.69) is 21.2 Å². The lowest BCUT2D eigenvalue weighted by atomic mass is 9.93. The zero-order valence-corrected chi connectivity index (χ0v) is 12.0. The quantitative estimate of drug-likeness (QED) is 0.882. The van der Waals surface area contributed by atoms with Crippen molar-refractivity contribution in [2.45, 2.75) is 44.8 Å². The van der Waals surface area contributed by atoms with Gasteiger partial charge in [0.1, 0.15) is 0 Å². The van der Waals surface area contributed by atoms with Crippen molar-refractivity contribution in [3.8, 4) is 0 Å². The van der Waals surface area contributed by atoms with Crippen molar-refractivity contribution in [1.29, 1.82) is 0 Å². The summed E-state index contributed by atoms with van der Waals surface area (Å²) in [6, 6.07) is 5.87. The molecule has 1 aromatic carbocycles. The van der Waals surface area contributed by atoms with Gasteiger partial charge in [0.05, 0.1) is 11.7 Å². The second-order valence-corrected chi connectivity index (χ2v) is 5.71. The number of carbonyl (C=O) groups excluding carboxylic acids is 1. The maximum absolute atomic E-state index is 12.2. The molecule has 2 N–H and O–H groups in total. The van der Waals surface area contributed by atoms with Gasteiger partial charge in [0.15, 0.2) is 0 Å². The fourth-order valence-corrected chi connectivity index (χ4v) is 2.75. The number of halogens is 1. The number of aliphatic hydroxyl groups excluding tert-OH is 1. The van der Waals surface area contributed by atoms with Crippen LogP contribution in [0.2, 0.25) is 0 Å². The molecule has 1 aromatic rings. The molecule has 0 radical (unpaired) electrons. The van der Waals surface area contributed by atoms with E-state index in [4.69, 9.17) is 0 Å². The molecule has 0 heterocycles. The number of carbonyl (C=O) groups is 1. The van der Waals surface area contributed by atoms with Gasteiger partial charge in [-0.3, -0.25) is 4.79 Å². The van der Waals surface area contributed by atoms with Crippen LogP contribution in [0.25, 0.3) is 0 Å². The van der Waals surface area contributed by atoms with Crippen molar-refractivity contribution in [3.05, 3.63) is 33.8 Å². The van der Waals surface area contributed by atoms with E-state index in [-0.39, 0.29) is 18.1 Å². The highest BCUT2D eigenvalue weighted by atomic mass is 79.9. The normalized spacial score (nSPS) is 23.7. The molecular formula is C14H18BrNO2. The Labute approximate surface area is 116 Å². The molecular weight excluding hydrogens is 294 g/mol. The number of benzene rings is 1. The molecule has 0 aliphatic heterocycles. The Morgan fingerprint density at radius 3 is 2.67 bits per heavy atom. The zero-order valence-electron chi connectivity index (χ0n) is 10.4. The van der Waals surface area contributed by atoms with E-state index in [1.54, 1.807) is 0 Å². The van der Waals surface area contributed by atoms with Crippen LogP contribution in [0, 0.1) is 6.92 Å². The Hall–Kier alpha value is -0.870. The van der Waals surface area contributed by atoms with Crippen LogP contribution >= 0.6 is 15.9 Å². The number of nitrogens with one attached hydrogen (secondary N) is 1. The highest BCUT2D eigenvalue weighted by molar-refractivity contribution is 9.10. The Balaban J connectivity index is 2.01. The number of rotatable bonds is 2. The van der Waals surface area contributed by atoms with Gasteiger partial charge < -0.3 is 10.4 Å². The first-order valence-corrected chi connectivity index (χ1v) is 7.11. The maximum atomic E-state index is 12.2. The van der Waals surface area contributed by atoms with E-state index in [1.165, 1.54) is 0 Å². The van der Waals surface area contributed by atoms with Gasteiger partial charge in [-0.25, -0.2) is 0 Å². The fourth-order valence-electron chi connectivity index (χ4n) is 2.31. The second kappa shape index (κ2) is 5.85. The van der Waals surface area contributed by atoms with Gasteiger partial charge in [-0.1, -0.05) is 12.1 Å². The van der Waals surface area contributed by atoms with E-state index in [1.807, 2.05) is 25.1 Å². The molecule has 0 unspecified atom stereocenters. The van der Waals surface area contributed by atoms with Crippen LogP contribution in [0.5, 0.6) is 0 Å². The predicted molar refractivity (Wildman–Crippen MR) is 74.6 cm³/mol. The summed E-state index contributed by atoms with van der Waals surface area (Å²) in [7, 11) is 0. The maximum Gasteiger partial charge on any atom is 0.252 e. The number of hydrogen-bond donors (Lipinski definition) is 2. The molecule has 98 valence electrons. The van der Waals surface area contributed by atoms with E-state index < -0.39 is 0 Å². The summed E-state index contributed by atoms with van der Waals surface area (Å²) in [4.78, 5) is 12.2. The third kappa shape index (κ3) is 3.12. The van der Waals surface area contributed by atoms with Crippen LogP contribution in [-0.4, -0.2) is 23.2 Å². The van der Waals surface area contributed by atoms with Gasteiger partial charge in [-0.05, 0) is 60.2 Å². The van der Waals surface area contributed by atoms with Crippen LogP contribution in [-0.2, 0) is 0 Å². The summed E-state index contributed by atoms with van der Waals surface area (Å²) < 4.78 is 0.860. The zero-order chi connectivity index (χ0) is 13.1. The van der Waals surface area contributed by atoms with Crippen LogP contribution < -0.4 is 5.32 Å². The molecule has 1 aliphatic carbocycles. The highest BCUT2D eigenvalue weighted by Crippen LogP contribution is 2.23. The van der Waals surface area contributed by atoms with Gasteiger partial charge in [-0.15, -0.1) is 0 Å². The lowest BCUT2D eigenvalue weighted by molar-refractivity contribution is 0.0867. The molecule has 0 saturated heterocycles. The highest BCUT2D eigenvalue weighted by Gasteiger charge is 2.22. The predicted octanol–water partition coefficient (Wildman–Crippen LogP) is 2.79. The molecule has 2 rings (SSSR count). The number of hydrogen-bond acceptors (Lipinski definition) is 2. The Morgan fingerprint density at radius 1 is 1.33 bits per heavy atom. The summed E-state index contributed by atoms with van der Waals surface area (Å²) in [5.41, 5.74) is 1.74. The van der Waals surface area contributed by atoms with Gasteiger partial charge in [-0.2, -0.15) is 0 Å². The van der Waals surface area contributed by atoms with E-state index in [9.17, 15) is 9.90 Å². The molecule has 1 aliphatic rings. The standard InChI is InChI=1S/C14H18BrNO2/c1-9-3-2-4-12(13(9)15)14(18)16-10-5-7-11(17)8-6-10/h2-4,10-11,17H,5-8H2,1H3,(H,16,18). The average Bonchev–Trinajstić information content (AvgIpc) is 2.35. The minimum Gasteiger partial charge on any atom is -0.393 e. The van der Waals surface area contributed by atoms with E-state index in [0.29, 0.717) is 5.56 Å². The minimum atomic E-state index is -0.191. The first-order valence-electron chi connectivity index (χ1n) is 6.32. The van der Waals surface area contributed by atoms with Crippen LogP contribution in [0.4, 0.5) is 0 Å². The molecule has 4 heteroatoms. The Kier molecular flexibility index (Phi) is 4.40. The summed E-state index contributed by atoms with van der Waals surface area (Å²) in [6.45, 7) is 1.97. The van der Waals surface area contributed by atoms with Crippen molar-refractivity contribution >= 4 is 21.8 Å². The van der Waals surface area contributed by atoms with Crippen LogP contribution in [0.1, 0.15) is 41.6 Å². The summed E-state index contributed by atoms with van der Waals surface area (Å²) >= 11 is 3.45. The van der Waals surface area contributed by atoms with Crippen molar-refractivity contribution in [2.75, 3.05) is 0 Å². The molecule has 0 spiro atoms. The van der Waals surface area contributed by atoms with Crippen LogP contribution in [0.3, 0.4) is 0 Å². The van der Waals surface area contributed by atoms with Gasteiger partial charge >= 0.3 is 0 Å². The van der Waals surface area contributed by atoms with Crippen molar-refractivity contribution < 1.29 is 9.90 Å². The van der Waals surface area contributed by atoms with Gasteiger partial charge in [0.25, 0.3) is 5.91 Å². The SMILES string of the molecule is Cc1cccc(C(=O)NC2CCC(O)CC2)c1Br. The number of amides is 1. The monoisotopic (exact) mass is 311 g/mol. The van der Waals surface area contributed by atoms with Crippen molar-refractivity contribution in [2.24, 2.45) is 0 Å². The molecule has 18 heavy (non-hydrogen) atoms. The topological polar surface area (TPSA) is 49.3 Å². The molecule has 3 nitrogen and oxygen atoms in total. The first kappa shape index (κ1) is 13.6. The number of aryl methyl sites for hydroxylation is 1. The molecule has 1 fully saturated rings. The molecule has 0 atom stereocenters.